The maximum Gasteiger partial charge on any atom is 0.261 e. The number of amides is 5. The van der Waals surface area contributed by atoms with Crippen molar-refractivity contribution in [2.45, 2.75) is 64.5 Å². The quantitative estimate of drug-likeness (QED) is 0.0879. The molecule has 1 saturated heterocycles. The van der Waals surface area contributed by atoms with Crippen molar-refractivity contribution in [3.8, 4) is 11.6 Å². The van der Waals surface area contributed by atoms with Crippen LogP contribution in [0.15, 0.2) is 72.9 Å². The van der Waals surface area contributed by atoms with Crippen LogP contribution in [0.4, 0.5) is 11.4 Å². The van der Waals surface area contributed by atoms with E-state index in [-0.39, 0.29) is 60.6 Å². The summed E-state index contributed by atoms with van der Waals surface area (Å²) in [6, 6.07) is 18.7. The molecule has 1 atom stereocenters. The number of hydrogen-bond donors (Lipinski definition) is 4. The van der Waals surface area contributed by atoms with Crippen LogP contribution in [0.3, 0.4) is 0 Å². The molecule has 282 valence electrons. The lowest BCUT2D eigenvalue weighted by molar-refractivity contribution is -0.137. The van der Waals surface area contributed by atoms with E-state index in [1.54, 1.807) is 61.5 Å². The van der Waals surface area contributed by atoms with Crippen LogP contribution < -0.4 is 20.7 Å². The number of carbonyl (C=O) groups excluding carboxylic acids is 5. The highest BCUT2D eigenvalue weighted by Crippen LogP contribution is 2.33. The number of aromatic nitrogens is 3. The summed E-state index contributed by atoms with van der Waals surface area (Å²) in [4.78, 5) is 69.2. The van der Waals surface area contributed by atoms with E-state index in [0.29, 0.717) is 70.4 Å². The monoisotopic (exact) mass is 763 g/mol. The number of rotatable bonds is 13. The molecule has 2 aliphatic heterocycles. The van der Waals surface area contributed by atoms with Crippen LogP contribution in [-0.2, 0) is 27.3 Å². The van der Waals surface area contributed by atoms with Gasteiger partial charge in [0.05, 0.1) is 12.8 Å². The van der Waals surface area contributed by atoms with Gasteiger partial charge in [0.15, 0.2) is 5.65 Å². The van der Waals surface area contributed by atoms with E-state index in [1.807, 2.05) is 12.1 Å². The number of anilines is 2. The first-order valence-electron chi connectivity index (χ1n) is 18.0. The zero-order valence-corrected chi connectivity index (χ0v) is 30.7. The fraction of sp³-hybridized carbons (Fsp3) is 0.275. The highest BCUT2D eigenvalue weighted by atomic mass is 35.5. The number of piperidine rings is 1. The minimum Gasteiger partial charge on any atom is -0.494 e. The second-order valence-corrected chi connectivity index (χ2v) is 14.0. The number of aromatic hydroxyl groups is 1. The van der Waals surface area contributed by atoms with Gasteiger partial charge in [0.25, 0.3) is 11.8 Å². The van der Waals surface area contributed by atoms with Crippen LogP contribution in [0.5, 0.6) is 11.6 Å². The number of imide groups is 1. The molecule has 55 heavy (non-hydrogen) atoms. The second kappa shape index (κ2) is 16.0. The van der Waals surface area contributed by atoms with E-state index in [4.69, 9.17) is 16.3 Å². The van der Waals surface area contributed by atoms with Crippen molar-refractivity contribution < 1.29 is 33.8 Å². The predicted molar refractivity (Wildman–Crippen MR) is 203 cm³/mol. The van der Waals surface area contributed by atoms with Crippen LogP contribution in [-0.4, -0.2) is 66.8 Å². The molecule has 0 bridgehead atoms. The van der Waals surface area contributed by atoms with Crippen molar-refractivity contribution in [3.63, 3.8) is 0 Å². The van der Waals surface area contributed by atoms with Gasteiger partial charge in [-0.15, -0.1) is 0 Å². The van der Waals surface area contributed by atoms with Gasteiger partial charge < -0.3 is 25.4 Å². The molecule has 1 fully saturated rings. The number of benzene rings is 3. The average molecular weight is 764 g/mol. The molecule has 2 aromatic heterocycles. The van der Waals surface area contributed by atoms with Crippen LogP contribution in [0, 0.1) is 6.92 Å². The molecule has 0 aliphatic carbocycles. The van der Waals surface area contributed by atoms with E-state index < -0.39 is 17.9 Å². The van der Waals surface area contributed by atoms with Crippen molar-refractivity contribution in [2.75, 3.05) is 17.2 Å². The van der Waals surface area contributed by atoms with E-state index in [1.165, 1.54) is 15.6 Å². The smallest absolute Gasteiger partial charge is 0.261 e. The minimum atomic E-state index is -0.729. The summed E-state index contributed by atoms with van der Waals surface area (Å²) in [6.45, 7) is 2.35. The first-order valence-corrected chi connectivity index (χ1v) is 18.3. The van der Waals surface area contributed by atoms with Crippen molar-refractivity contribution in [3.05, 3.63) is 111 Å². The van der Waals surface area contributed by atoms with Gasteiger partial charge in [-0.2, -0.15) is 9.61 Å². The number of fused-ring (bicyclic) bond motifs is 2. The van der Waals surface area contributed by atoms with Crippen LogP contribution in [0.25, 0.3) is 5.65 Å². The Hall–Kier alpha value is -6.28. The minimum absolute atomic E-state index is 0.0929. The van der Waals surface area contributed by atoms with E-state index in [0.717, 1.165) is 12.0 Å². The van der Waals surface area contributed by atoms with Crippen molar-refractivity contribution in [1.82, 2.24) is 24.8 Å². The van der Waals surface area contributed by atoms with Gasteiger partial charge in [0, 0.05) is 70.7 Å². The average Bonchev–Trinajstić information content (AvgIpc) is 3.74. The van der Waals surface area contributed by atoms with Crippen LogP contribution in [0.1, 0.15) is 81.6 Å². The Morgan fingerprint density at radius 3 is 2.62 bits per heavy atom. The molecule has 7 rings (SSSR count). The summed E-state index contributed by atoms with van der Waals surface area (Å²) < 4.78 is 7.18. The maximum absolute atomic E-state index is 13.3. The third-order valence-electron chi connectivity index (χ3n) is 9.73. The lowest BCUT2D eigenvalue weighted by atomic mass is 10.0. The van der Waals surface area contributed by atoms with Crippen molar-refractivity contribution in [2.24, 2.45) is 0 Å². The number of unbranched alkanes of at least 4 members (excludes halogenated alkanes) is 2. The zero-order valence-electron chi connectivity index (χ0n) is 29.9. The third kappa shape index (κ3) is 8.14. The van der Waals surface area contributed by atoms with Gasteiger partial charge in [0.1, 0.15) is 17.4 Å². The number of hydrogen-bond acceptors (Lipinski definition) is 9. The first kappa shape index (κ1) is 37.1. The Balaban J connectivity index is 0.869. The number of nitrogens with one attached hydrogen (secondary N) is 3. The fourth-order valence-corrected chi connectivity index (χ4v) is 6.95. The molecule has 0 radical (unpaired) electrons. The topological polar surface area (TPSA) is 184 Å². The number of halogens is 1. The number of carbonyl (C=O) groups is 5. The highest BCUT2D eigenvalue weighted by molar-refractivity contribution is 6.30. The fourth-order valence-electron chi connectivity index (χ4n) is 6.83. The first-order chi connectivity index (χ1) is 26.5. The highest BCUT2D eigenvalue weighted by Gasteiger charge is 2.40. The molecule has 4 heterocycles. The molecule has 4 N–H and O–H groups in total. The molecule has 1 unspecified atom stereocenters. The molecular weight excluding hydrogens is 726 g/mol. The normalized spacial score (nSPS) is 15.2. The molecular formula is C40H38ClN7O7. The van der Waals surface area contributed by atoms with Gasteiger partial charge >= 0.3 is 0 Å². The molecule has 3 aromatic carbocycles. The third-order valence-corrected chi connectivity index (χ3v) is 9.98. The number of aryl methyl sites for hydroxylation is 1. The van der Waals surface area contributed by atoms with E-state index in [9.17, 15) is 29.1 Å². The largest absolute Gasteiger partial charge is 0.494 e. The molecule has 15 heteroatoms. The molecule has 2 aliphatic rings. The van der Waals surface area contributed by atoms with Crippen molar-refractivity contribution >= 4 is 58.2 Å². The summed E-state index contributed by atoms with van der Waals surface area (Å²) in [5.41, 5.74) is 4.66. The SMILES string of the molecule is Cc1nc2c(C(=O)Nc3cccc(OCCCCCC(=O)Nc4cccc5c4CN(C4CCC(=O)NC4=O)C5=O)c3)cnn2c(O)c1Cc1ccc(Cl)cc1. The second-order valence-electron chi connectivity index (χ2n) is 13.5. The Labute approximate surface area is 320 Å². The summed E-state index contributed by atoms with van der Waals surface area (Å²) >= 11 is 6.01. The Bertz CT molecular complexity index is 2320. The molecule has 0 saturated carbocycles. The summed E-state index contributed by atoms with van der Waals surface area (Å²) in [7, 11) is 0. The number of ether oxygens (including phenoxy) is 1. The molecule has 5 aromatic rings. The zero-order chi connectivity index (χ0) is 38.6. The lowest BCUT2D eigenvalue weighted by Gasteiger charge is -2.29. The predicted octanol–water partition coefficient (Wildman–Crippen LogP) is 5.58. The standard InChI is InChI=1S/C40H38ClN7O7/c1-23-29(19-24-12-14-25(41)15-13-24)40(54)48-36(43-23)30(21-42-48)37(51)44-26-7-5-8-27(20-26)55-18-4-2-3-11-34(49)45-32-10-6-9-28-31(32)22-47(39(28)53)33-16-17-35(50)46-38(33)52/h5-10,12-15,20-21,33,54H,2-4,11,16-19,22H2,1H3,(H,44,51)(H,45,49)(H,46,50,52). The molecule has 5 amide bonds. The summed E-state index contributed by atoms with van der Waals surface area (Å²) in [6.07, 6.45) is 4.53. The molecule has 0 spiro atoms. The maximum atomic E-state index is 13.3. The van der Waals surface area contributed by atoms with E-state index in [2.05, 4.69) is 26.0 Å². The van der Waals surface area contributed by atoms with Crippen LogP contribution in [0.2, 0.25) is 5.02 Å². The van der Waals surface area contributed by atoms with Gasteiger partial charge in [-0.3, -0.25) is 29.3 Å². The van der Waals surface area contributed by atoms with E-state index >= 15 is 0 Å². The summed E-state index contributed by atoms with van der Waals surface area (Å²) in [5.74, 6) is -1.29. The Morgan fingerprint density at radius 2 is 1.82 bits per heavy atom. The molecule has 14 nitrogen and oxygen atoms in total. The van der Waals surface area contributed by atoms with Gasteiger partial charge in [0.2, 0.25) is 23.6 Å². The Kier molecular flexibility index (Phi) is 10.8. The number of nitrogens with zero attached hydrogens (tertiary/aromatic N) is 4. The Morgan fingerprint density at radius 1 is 1.02 bits per heavy atom. The van der Waals surface area contributed by atoms with Gasteiger partial charge in [-0.1, -0.05) is 35.9 Å². The van der Waals surface area contributed by atoms with Crippen molar-refractivity contribution in [1.29, 1.82) is 0 Å². The van der Waals surface area contributed by atoms with Gasteiger partial charge in [-0.25, -0.2) is 4.98 Å². The van der Waals surface area contributed by atoms with Gasteiger partial charge in [-0.05, 0) is 74.6 Å². The summed E-state index contributed by atoms with van der Waals surface area (Å²) in [5, 5.41) is 23.9. The van der Waals surface area contributed by atoms with Crippen LogP contribution >= 0.6 is 11.6 Å². The lowest BCUT2D eigenvalue weighted by Crippen LogP contribution is -2.52.